The maximum Gasteiger partial charge on any atom is 0.191 e. The molecule has 1 aromatic carbocycles. The van der Waals surface area contributed by atoms with Gasteiger partial charge in [-0.25, -0.2) is 4.68 Å². The quantitative estimate of drug-likeness (QED) is 0.786. The monoisotopic (exact) mass is 286 g/mol. The third kappa shape index (κ3) is 2.96. The lowest BCUT2D eigenvalue weighted by atomic mass is 10.3. The van der Waals surface area contributed by atoms with Crippen LogP contribution in [0.25, 0.3) is 5.69 Å². The van der Waals surface area contributed by atoms with E-state index in [0.717, 1.165) is 5.69 Å². The summed E-state index contributed by atoms with van der Waals surface area (Å²) in [6, 6.07) is 11.6. The van der Waals surface area contributed by atoms with Crippen molar-refractivity contribution in [3.63, 3.8) is 0 Å². The zero-order valence-corrected chi connectivity index (χ0v) is 12.2. The second-order valence-electron chi connectivity index (χ2n) is 5.10. The summed E-state index contributed by atoms with van der Waals surface area (Å²) in [5.41, 5.74) is 1.62. The number of aromatic nitrogens is 2. The Morgan fingerprint density at radius 1 is 1.20 bits per heavy atom. The summed E-state index contributed by atoms with van der Waals surface area (Å²) in [6.45, 7) is 0. The second kappa shape index (κ2) is 6.27. The van der Waals surface area contributed by atoms with E-state index in [4.69, 9.17) is 0 Å². The molecule has 1 aromatic heterocycles. The van der Waals surface area contributed by atoms with Crippen molar-refractivity contribution < 1.29 is 4.79 Å². The van der Waals surface area contributed by atoms with Crippen LogP contribution in [0.15, 0.2) is 42.6 Å². The molecule has 4 heteroatoms. The maximum absolute atomic E-state index is 12.4. The van der Waals surface area contributed by atoms with E-state index in [1.54, 1.807) is 22.6 Å². The van der Waals surface area contributed by atoms with Gasteiger partial charge in [0.2, 0.25) is 0 Å². The Bertz CT molecular complexity index is 573. The molecule has 0 atom stereocenters. The smallest absolute Gasteiger partial charge is 0.191 e. The lowest BCUT2D eigenvalue weighted by Crippen LogP contribution is -2.12. The predicted octanol–water partition coefficient (Wildman–Crippen LogP) is 3.73. The SMILES string of the molecule is O=C(CSC1CCCC1)c1ccnn1-c1ccccc1. The van der Waals surface area contributed by atoms with E-state index in [1.165, 1.54) is 25.7 Å². The largest absolute Gasteiger partial charge is 0.292 e. The van der Waals surface area contributed by atoms with E-state index < -0.39 is 0 Å². The molecule has 104 valence electrons. The molecule has 0 bridgehead atoms. The lowest BCUT2D eigenvalue weighted by molar-refractivity contribution is 0.101. The molecule has 1 aliphatic rings. The van der Waals surface area contributed by atoms with Gasteiger partial charge in [-0.2, -0.15) is 16.9 Å². The van der Waals surface area contributed by atoms with Crippen LogP contribution in [0.3, 0.4) is 0 Å². The predicted molar refractivity (Wildman–Crippen MR) is 82.6 cm³/mol. The standard InChI is InChI=1S/C16H18N2OS/c19-16(12-20-14-8-4-5-9-14)15-10-11-17-18(15)13-6-2-1-3-7-13/h1-3,6-7,10-11,14H,4-5,8-9,12H2. The van der Waals surface area contributed by atoms with Crippen molar-refractivity contribution in [1.82, 2.24) is 9.78 Å². The minimum absolute atomic E-state index is 0.170. The summed E-state index contributed by atoms with van der Waals surface area (Å²) >= 11 is 1.80. The van der Waals surface area contributed by atoms with E-state index in [1.807, 2.05) is 36.4 Å². The molecular formula is C16H18N2OS. The molecule has 1 saturated carbocycles. The maximum atomic E-state index is 12.4. The number of hydrogen-bond donors (Lipinski definition) is 0. The second-order valence-corrected chi connectivity index (χ2v) is 6.39. The highest BCUT2D eigenvalue weighted by atomic mass is 32.2. The van der Waals surface area contributed by atoms with Crippen molar-refractivity contribution in [3.05, 3.63) is 48.3 Å². The van der Waals surface area contributed by atoms with Crippen LogP contribution in [-0.2, 0) is 0 Å². The van der Waals surface area contributed by atoms with Crippen molar-refractivity contribution in [2.75, 3.05) is 5.75 Å². The minimum atomic E-state index is 0.170. The van der Waals surface area contributed by atoms with E-state index >= 15 is 0 Å². The molecule has 0 radical (unpaired) electrons. The third-order valence-electron chi connectivity index (χ3n) is 3.68. The summed E-state index contributed by atoms with van der Waals surface area (Å²) in [4.78, 5) is 12.4. The van der Waals surface area contributed by atoms with E-state index in [0.29, 0.717) is 16.7 Å². The van der Waals surface area contributed by atoms with Gasteiger partial charge in [-0.3, -0.25) is 4.79 Å². The first-order chi connectivity index (χ1) is 9.84. The first kappa shape index (κ1) is 13.4. The highest BCUT2D eigenvalue weighted by Crippen LogP contribution is 2.29. The number of thioether (sulfide) groups is 1. The van der Waals surface area contributed by atoms with E-state index in [9.17, 15) is 4.79 Å². The molecule has 1 aliphatic carbocycles. The number of carbonyl (C=O) groups is 1. The molecule has 3 nitrogen and oxygen atoms in total. The highest BCUT2D eigenvalue weighted by molar-refractivity contribution is 8.00. The van der Waals surface area contributed by atoms with Crippen molar-refractivity contribution in [2.24, 2.45) is 0 Å². The van der Waals surface area contributed by atoms with Gasteiger partial charge in [-0.15, -0.1) is 0 Å². The van der Waals surface area contributed by atoms with Crippen LogP contribution in [-0.4, -0.2) is 26.6 Å². The lowest BCUT2D eigenvalue weighted by Gasteiger charge is -2.09. The topological polar surface area (TPSA) is 34.9 Å². The van der Waals surface area contributed by atoms with Crippen molar-refractivity contribution >= 4 is 17.5 Å². The Morgan fingerprint density at radius 3 is 2.70 bits per heavy atom. The molecule has 1 heterocycles. The number of ketones is 1. The molecule has 0 spiro atoms. The van der Waals surface area contributed by atoms with Gasteiger partial charge in [0.1, 0.15) is 5.69 Å². The van der Waals surface area contributed by atoms with Gasteiger partial charge in [0, 0.05) is 5.25 Å². The molecule has 1 fully saturated rings. The average molecular weight is 286 g/mol. The van der Waals surface area contributed by atoms with Crippen LogP contribution < -0.4 is 0 Å². The van der Waals surface area contributed by atoms with Crippen LogP contribution in [0.1, 0.15) is 36.2 Å². The van der Waals surface area contributed by atoms with Crippen LogP contribution in [0.2, 0.25) is 0 Å². The normalized spacial score (nSPS) is 15.6. The number of para-hydroxylation sites is 1. The van der Waals surface area contributed by atoms with Crippen LogP contribution in [0.4, 0.5) is 0 Å². The highest BCUT2D eigenvalue weighted by Gasteiger charge is 2.19. The Balaban J connectivity index is 1.70. The van der Waals surface area contributed by atoms with Gasteiger partial charge in [-0.1, -0.05) is 31.0 Å². The number of benzene rings is 1. The van der Waals surface area contributed by atoms with Crippen LogP contribution in [0.5, 0.6) is 0 Å². The fourth-order valence-electron chi connectivity index (χ4n) is 2.61. The molecule has 0 aliphatic heterocycles. The summed E-state index contributed by atoms with van der Waals surface area (Å²) in [6.07, 6.45) is 6.84. The summed E-state index contributed by atoms with van der Waals surface area (Å²) in [5.74, 6) is 0.728. The van der Waals surface area contributed by atoms with Crippen molar-refractivity contribution in [3.8, 4) is 5.69 Å². The fraction of sp³-hybridized carbons (Fsp3) is 0.375. The van der Waals surface area contributed by atoms with Gasteiger partial charge >= 0.3 is 0 Å². The number of carbonyl (C=O) groups excluding carboxylic acids is 1. The Labute approximate surface area is 123 Å². The number of hydrogen-bond acceptors (Lipinski definition) is 3. The zero-order chi connectivity index (χ0) is 13.8. The molecule has 0 N–H and O–H groups in total. The minimum Gasteiger partial charge on any atom is -0.292 e. The zero-order valence-electron chi connectivity index (χ0n) is 11.4. The first-order valence-corrected chi connectivity index (χ1v) is 8.14. The molecular weight excluding hydrogens is 268 g/mol. The molecule has 0 saturated heterocycles. The molecule has 0 unspecified atom stereocenters. The van der Waals surface area contributed by atoms with E-state index in [2.05, 4.69) is 5.10 Å². The van der Waals surface area contributed by atoms with Gasteiger partial charge in [0.05, 0.1) is 17.6 Å². The third-order valence-corrected chi connectivity index (χ3v) is 5.05. The Hall–Kier alpha value is -1.55. The van der Waals surface area contributed by atoms with Gasteiger partial charge in [-0.05, 0) is 31.0 Å². The van der Waals surface area contributed by atoms with Crippen molar-refractivity contribution in [1.29, 1.82) is 0 Å². The summed E-state index contributed by atoms with van der Waals surface area (Å²) < 4.78 is 1.73. The fourth-order valence-corrected chi connectivity index (χ4v) is 3.81. The summed E-state index contributed by atoms with van der Waals surface area (Å²) in [5, 5.41) is 4.95. The molecule has 3 rings (SSSR count). The number of Topliss-reactive ketones (excluding diaryl/α,β-unsaturated/α-hetero) is 1. The molecule has 0 amide bonds. The molecule has 2 aromatic rings. The Morgan fingerprint density at radius 2 is 1.95 bits per heavy atom. The van der Waals surface area contributed by atoms with Gasteiger partial charge < -0.3 is 0 Å². The van der Waals surface area contributed by atoms with Gasteiger partial charge in [0.25, 0.3) is 0 Å². The van der Waals surface area contributed by atoms with Crippen LogP contribution in [0, 0.1) is 0 Å². The van der Waals surface area contributed by atoms with Crippen LogP contribution >= 0.6 is 11.8 Å². The van der Waals surface area contributed by atoms with Crippen molar-refractivity contribution in [2.45, 2.75) is 30.9 Å². The number of nitrogens with zero attached hydrogens (tertiary/aromatic N) is 2. The number of rotatable bonds is 5. The van der Waals surface area contributed by atoms with Gasteiger partial charge in [0.15, 0.2) is 5.78 Å². The Kier molecular flexibility index (Phi) is 4.21. The molecule has 20 heavy (non-hydrogen) atoms. The average Bonchev–Trinajstić information content (AvgIpc) is 3.17. The summed E-state index contributed by atoms with van der Waals surface area (Å²) in [7, 11) is 0. The van der Waals surface area contributed by atoms with E-state index in [-0.39, 0.29) is 5.78 Å². The first-order valence-electron chi connectivity index (χ1n) is 7.09.